The number of carbonyl (C=O) groups is 1. The summed E-state index contributed by atoms with van der Waals surface area (Å²) in [7, 11) is 4.10. The van der Waals surface area contributed by atoms with Crippen molar-refractivity contribution in [2.75, 3.05) is 27.2 Å². The Morgan fingerprint density at radius 2 is 1.92 bits per heavy atom. The summed E-state index contributed by atoms with van der Waals surface area (Å²) < 4.78 is 0. The highest BCUT2D eigenvalue weighted by Crippen LogP contribution is 2.27. The second kappa shape index (κ2) is 9.24. The zero-order chi connectivity index (χ0) is 17.5. The molecule has 0 aromatic heterocycles. The van der Waals surface area contributed by atoms with Crippen molar-refractivity contribution in [2.45, 2.75) is 38.6 Å². The summed E-state index contributed by atoms with van der Waals surface area (Å²) in [5, 5.41) is 0.690. The van der Waals surface area contributed by atoms with Crippen molar-refractivity contribution in [3.63, 3.8) is 0 Å². The number of rotatable bonds is 6. The van der Waals surface area contributed by atoms with Gasteiger partial charge in [-0.05, 0) is 69.5 Å². The van der Waals surface area contributed by atoms with Crippen molar-refractivity contribution in [2.24, 2.45) is 5.92 Å². The predicted molar refractivity (Wildman–Crippen MR) is 102 cm³/mol. The summed E-state index contributed by atoms with van der Waals surface area (Å²) in [5.74, 6) is 0.894. The summed E-state index contributed by atoms with van der Waals surface area (Å²) in [4.78, 5) is 17.0. The van der Waals surface area contributed by atoms with Crippen LogP contribution in [0.2, 0.25) is 5.02 Å². The first-order chi connectivity index (χ1) is 11.5. The van der Waals surface area contributed by atoms with Crippen molar-refractivity contribution in [1.82, 2.24) is 9.80 Å². The quantitative estimate of drug-likeness (QED) is 0.715. The standard InChI is InChI=1S/C20H29ClN2O/c1-16-7-10-19(11-8-16)23(14-13-22(2)3)20(24)12-9-17-5-4-6-18(21)15-17/h4-6,9,12,15-16,19H,7-8,10-11,13-14H2,1-3H3. The van der Waals surface area contributed by atoms with Crippen molar-refractivity contribution in [1.29, 1.82) is 0 Å². The molecule has 0 radical (unpaired) electrons. The number of likely N-dealkylation sites (N-methyl/N-ethyl adjacent to an activating group) is 1. The Hall–Kier alpha value is -1.32. The Morgan fingerprint density at radius 3 is 2.54 bits per heavy atom. The zero-order valence-electron chi connectivity index (χ0n) is 15.0. The molecule has 132 valence electrons. The van der Waals surface area contributed by atoms with Crippen molar-refractivity contribution < 1.29 is 4.79 Å². The number of benzene rings is 1. The third-order valence-corrected chi connectivity index (χ3v) is 5.00. The van der Waals surface area contributed by atoms with Gasteiger partial charge in [0, 0.05) is 30.2 Å². The molecule has 1 aliphatic rings. The van der Waals surface area contributed by atoms with E-state index in [9.17, 15) is 4.79 Å². The van der Waals surface area contributed by atoms with E-state index in [1.807, 2.05) is 44.4 Å². The van der Waals surface area contributed by atoms with E-state index < -0.39 is 0 Å². The number of hydrogen-bond donors (Lipinski definition) is 0. The molecule has 4 heteroatoms. The molecule has 24 heavy (non-hydrogen) atoms. The highest BCUT2D eigenvalue weighted by molar-refractivity contribution is 6.30. The van der Waals surface area contributed by atoms with Crippen molar-refractivity contribution in [3.8, 4) is 0 Å². The monoisotopic (exact) mass is 348 g/mol. The van der Waals surface area contributed by atoms with E-state index in [0.29, 0.717) is 11.1 Å². The van der Waals surface area contributed by atoms with Crippen LogP contribution in [0, 0.1) is 5.92 Å². The zero-order valence-corrected chi connectivity index (χ0v) is 15.8. The fourth-order valence-corrected chi connectivity index (χ4v) is 3.41. The van der Waals surface area contributed by atoms with Gasteiger partial charge in [0.25, 0.3) is 0 Å². The highest BCUT2D eigenvalue weighted by atomic mass is 35.5. The van der Waals surface area contributed by atoms with E-state index in [-0.39, 0.29) is 5.91 Å². The Kier molecular flexibility index (Phi) is 7.32. The van der Waals surface area contributed by atoms with Crippen molar-refractivity contribution in [3.05, 3.63) is 40.9 Å². The Labute approximate surface area is 151 Å². The van der Waals surface area contributed by atoms with E-state index in [1.54, 1.807) is 6.08 Å². The van der Waals surface area contributed by atoms with Gasteiger partial charge in [-0.3, -0.25) is 4.79 Å². The summed E-state index contributed by atoms with van der Waals surface area (Å²) >= 11 is 6.01. The molecule has 1 saturated carbocycles. The normalized spacial score (nSPS) is 21.4. The molecule has 0 unspecified atom stereocenters. The first-order valence-corrected chi connectivity index (χ1v) is 9.22. The van der Waals surface area contributed by atoms with Gasteiger partial charge in [0.15, 0.2) is 0 Å². The van der Waals surface area contributed by atoms with E-state index >= 15 is 0 Å². The first-order valence-electron chi connectivity index (χ1n) is 8.84. The molecule has 0 saturated heterocycles. The molecule has 0 aliphatic heterocycles. The van der Waals surface area contributed by atoms with Gasteiger partial charge in [0.1, 0.15) is 0 Å². The minimum Gasteiger partial charge on any atom is -0.335 e. The smallest absolute Gasteiger partial charge is 0.246 e. The van der Waals surface area contributed by atoms with Crippen LogP contribution in [-0.4, -0.2) is 48.9 Å². The maximum Gasteiger partial charge on any atom is 0.246 e. The molecule has 0 N–H and O–H groups in total. The second-order valence-corrected chi connectivity index (χ2v) is 7.57. The number of halogens is 1. The Morgan fingerprint density at radius 1 is 1.21 bits per heavy atom. The summed E-state index contributed by atoms with van der Waals surface area (Å²) in [6.07, 6.45) is 8.22. The molecule has 1 fully saturated rings. The molecular formula is C20H29ClN2O. The van der Waals surface area contributed by atoms with Gasteiger partial charge in [-0.1, -0.05) is 30.7 Å². The van der Waals surface area contributed by atoms with E-state index in [0.717, 1.165) is 37.4 Å². The molecule has 1 aromatic rings. The fraction of sp³-hybridized carbons (Fsp3) is 0.550. The van der Waals surface area contributed by atoms with Crippen molar-refractivity contribution >= 4 is 23.6 Å². The molecule has 1 aliphatic carbocycles. The minimum absolute atomic E-state index is 0.108. The third-order valence-electron chi connectivity index (χ3n) is 4.76. The lowest BCUT2D eigenvalue weighted by Crippen LogP contribution is -2.44. The fourth-order valence-electron chi connectivity index (χ4n) is 3.21. The molecule has 1 amide bonds. The summed E-state index contributed by atoms with van der Waals surface area (Å²) in [6, 6.07) is 7.95. The van der Waals surface area contributed by atoms with Crippen LogP contribution in [-0.2, 0) is 4.79 Å². The van der Waals surface area contributed by atoms with E-state index in [2.05, 4.69) is 16.7 Å². The second-order valence-electron chi connectivity index (χ2n) is 7.14. The van der Waals surface area contributed by atoms with E-state index in [1.165, 1.54) is 12.8 Å². The average molecular weight is 349 g/mol. The summed E-state index contributed by atoms with van der Waals surface area (Å²) in [6.45, 7) is 3.98. The van der Waals surface area contributed by atoms with Gasteiger partial charge in [-0.25, -0.2) is 0 Å². The molecule has 3 nitrogen and oxygen atoms in total. The SMILES string of the molecule is CC1CCC(N(CCN(C)C)C(=O)C=Cc2cccc(Cl)c2)CC1. The van der Waals surface area contributed by atoms with Crippen LogP contribution in [0.25, 0.3) is 6.08 Å². The number of nitrogens with zero attached hydrogens (tertiary/aromatic N) is 2. The lowest BCUT2D eigenvalue weighted by molar-refractivity contribution is -0.129. The Balaban J connectivity index is 2.05. The van der Waals surface area contributed by atoms with Crippen LogP contribution in [0.5, 0.6) is 0 Å². The lowest BCUT2D eigenvalue weighted by atomic mass is 9.86. The highest BCUT2D eigenvalue weighted by Gasteiger charge is 2.26. The molecule has 1 aromatic carbocycles. The van der Waals surface area contributed by atoms with Crippen LogP contribution in [0.1, 0.15) is 38.2 Å². The van der Waals surface area contributed by atoms with Crippen LogP contribution in [0.15, 0.2) is 30.3 Å². The number of hydrogen-bond acceptors (Lipinski definition) is 2. The number of amides is 1. The molecule has 0 heterocycles. The molecule has 0 atom stereocenters. The molecule has 0 bridgehead atoms. The van der Waals surface area contributed by atoms with Gasteiger partial charge in [-0.15, -0.1) is 0 Å². The average Bonchev–Trinajstić information content (AvgIpc) is 2.54. The minimum atomic E-state index is 0.108. The van der Waals surface area contributed by atoms with E-state index in [4.69, 9.17) is 11.6 Å². The third kappa shape index (κ3) is 5.95. The van der Waals surface area contributed by atoms with Crippen LogP contribution in [0.4, 0.5) is 0 Å². The van der Waals surface area contributed by atoms with Gasteiger partial charge in [-0.2, -0.15) is 0 Å². The predicted octanol–water partition coefficient (Wildman–Crippen LogP) is 4.32. The lowest BCUT2D eigenvalue weighted by Gasteiger charge is -2.36. The maximum atomic E-state index is 12.8. The first kappa shape index (κ1) is 19.0. The van der Waals surface area contributed by atoms with Crippen LogP contribution in [0.3, 0.4) is 0 Å². The van der Waals surface area contributed by atoms with Gasteiger partial charge in [0.2, 0.25) is 5.91 Å². The molecule has 2 rings (SSSR count). The number of carbonyl (C=O) groups excluding carboxylic acids is 1. The topological polar surface area (TPSA) is 23.6 Å². The van der Waals surface area contributed by atoms with Crippen LogP contribution < -0.4 is 0 Å². The Bertz CT molecular complexity index is 563. The van der Waals surface area contributed by atoms with Gasteiger partial charge < -0.3 is 9.80 Å². The summed E-state index contributed by atoms with van der Waals surface area (Å²) in [5.41, 5.74) is 0.959. The van der Waals surface area contributed by atoms with Gasteiger partial charge >= 0.3 is 0 Å². The molecular weight excluding hydrogens is 320 g/mol. The van der Waals surface area contributed by atoms with Gasteiger partial charge in [0.05, 0.1) is 0 Å². The maximum absolute atomic E-state index is 12.8. The largest absolute Gasteiger partial charge is 0.335 e. The van der Waals surface area contributed by atoms with Crippen LogP contribution >= 0.6 is 11.6 Å². The molecule has 0 spiro atoms.